The Kier molecular flexibility index (Phi) is 7.96. The normalized spacial score (nSPS) is 10.6. The van der Waals surface area contributed by atoms with Gasteiger partial charge in [-0.1, -0.05) is 12.1 Å². The maximum absolute atomic E-state index is 12.2. The number of hydrogen-bond acceptors (Lipinski definition) is 6. The molecule has 0 fully saturated rings. The monoisotopic (exact) mass is 448 g/mol. The first-order valence-electron chi connectivity index (χ1n) is 10.1. The first kappa shape index (κ1) is 23.3. The van der Waals surface area contributed by atoms with Crippen LogP contribution in [-0.2, 0) is 20.9 Å². The fraction of sp³-hybridized carbons (Fsp3) is 0.167. The van der Waals surface area contributed by atoms with E-state index < -0.39 is 11.8 Å². The molecule has 0 atom stereocenters. The predicted molar refractivity (Wildman–Crippen MR) is 123 cm³/mol. The second kappa shape index (κ2) is 11.3. The summed E-state index contributed by atoms with van der Waals surface area (Å²) < 4.78 is 10.6. The van der Waals surface area contributed by atoms with Gasteiger partial charge in [0, 0.05) is 5.69 Å². The Bertz CT molecular complexity index is 1140. The van der Waals surface area contributed by atoms with E-state index in [0.29, 0.717) is 17.1 Å². The standard InChI is InChI=1S/C24H24N4O5/c1-16-5-6-17(2)21(12-16)27-22(29)15-33-19-9-7-18(8-10-19)13-26-28-24(31)23(30)25-14-20-4-3-11-32-20/h3-13H,14-15H2,1-2H3,(H,25,30)(H,27,29)(H,28,31)/b26-13-. The second-order valence-corrected chi connectivity index (χ2v) is 7.19. The van der Waals surface area contributed by atoms with E-state index in [1.54, 1.807) is 36.4 Å². The number of benzene rings is 2. The van der Waals surface area contributed by atoms with Gasteiger partial charge in [0.25, 0.3) is 5.91 Å². The molecule has 0 aliphatic rings. The molecule has 0 aliphatic heterocycles. The number of carbonyl (C=O) groups excluding carboxylic acids is 3. The lowest BCUT2D eigenvalue weighted by atomic mass is 10.1. The zero-order valence-corrected chi connectivity index (χ0v) is 18.3. The molecule has 0 saturated carbocycles. The molecule has 0 bridgehead atoms. The number of ether oxygens (including phenoxy) is 1. The highest BCUT2D eigenvalue weighted by Crippen LogP contribution is 2.16. The summed E-state index contributed by atoms with van der Waals surface area (Å²) in [7, 11) is 0. The minimum atomic E-state index is -0.896. The van der Waals surface area contributed by atoms with Crippen LogP contribution >= 0.6 is 0 Å². The largest absolute Gasteiger partial charge is 0.484 e. The summed E-state index contributed by atoms with van der Waals surface area (Å²) in [5.41, 5.74) is 5.60. The van der Waals surface area contributed by atoms with Gasteiger partial charge in [-0.3, -0.25) is 14.4 Å². The molecule has 1 aromatic heterocycles. The molecular weight excluding hydrogens is 424 g/mol. The molecule has 0 radical (unpaired) electrons. The van der Waals surface area contributed by atoms with E-state index >= 15 is 0 Å². The molecular formula is C24H24N4O5. The Balaban J connectivity index is 1.41. The van der Waals surface area contributed by atoms with Gasteiger partial charge in [-0.05, 0) is 73.0 Å². The van der Waals surface area contributed by atoms with Crippen molar-refractivity contribution < 1.29 is 23.5 Å². The number of hydrogen-bond donors (Lipinski definition) is 3. The quantitative estimate of drug-likeness (QED) is 0.278. The molecule has 170 valence electrons. The van der Waals surface area contributed by atoms with E-state index in [0.717, 1.165) is 16.8 Å². The van der Waals surface area contributed by atoms with Crippen molar-refractivity contribution in [2.24, 2.45) is 5.10 Å². The van der Waals surface area contributed by atoms with Crippen LogP contribution in [0.4, 0.5) is 5.69 Å². The highest BCUT2D eigenvalue weighted by molar-refractivity contribution is 6.35. The van der Waals surface area contributed by atoms with Gasteiger partial charge in [-0.25, -0.2) is 5.43 Å². The third kappa shape index (κ3) is 7.35. The van der Waals surface area contributed by atoms with Crippen LogP contribution in [0.3, 0.4) is 0 Å². The zero-order valence-electron chi connectivity index (χ0n) is 18.3. The molecule has 9 heteroatoms. The summed E-state index contributed by atoms with van der Waals surface area (Å²) in [6, 6.07) is 15.9. The predicted octanol–water partition coefficient (Wildman–Crippen LogP) is 2.68. The summed E-state index contributed by atoms with van der Waals surface area (Å²) in [5.74, 6) is -0.948. The first-order chi connectivity index (χ1) is 15.9. The van der Waals surface area contributed by atoms with Gasteiger partial charge in [-0.15, -0.1) is 0 Å². The third-order valence-electron chi connectivity index (χ3n) is 4.51. The van der Waals surface area contributed by atoms with Crippen LogP contribution in [0.25, 0.3) is 0 Å². The van der Waals surface area contributed by atoms with Gasteiger partial charge in [0.05, 0.1) is 19.0 Å². The molecule has 0 unspecified atom stereocenters. The van der Waals surface area contributed by atoms with Crippen LogP contribution in [0.5, 0.6) is 5.75 Å². The number of aryl methyl sites for hydroxylation is 2. The lowest BCUT2D eigenvalue weighted by Crippen LogP contribution is -2.37. The highest BCUT2D eigenvalue weighted by atomic mass is 16.5. The first-order valence-corrected chi connectivity index (χ1v) is 10.1. The van der Waals surface area contributed by atoms with E-state index in [2.05, 4.69) is 21.2 Å². The van der Waals surface area contributed by atoms with Crippen molar-refractivity contribution >= 4 is 29.6 Å². The van der Waals surface area contributed by atoms with Crippen molar-refractivity contribution in [3.63, 3.8) is 0 Å². The molecule has 0 saturated heterocycles. The van der Waals surface area contributed by atoms with Crippen LogP contribution in [0.15, 0.2) is 70.4 Å². The van der Waals surface area contributed by atoms with Gasteiger partial charge in [0.1, 0.15) is 11.5 Å². The fourth-order valence-electron chi connectivity index (χ4n) is 2.73. The average molecular weight is 448 g/mol. The van der Waals surface area contributed by atoms with Gasteiger partial charge in [0.15, 0.2) is 6.61 Å². The van der Waals surface area contributed by atoms with E-state index in [9.17, 15) is 14.4 Å². The molecule has 3 rings (SSSR count). The van der Waals surface area contributed by atoms with Crippen molar-refractivity contribution in [2.45, 2.75) is 20.4 Å². The van der Waals surface area contributed by atoms with Crippen LogP contribution in [0.1, 0.15) is 22.5 Å². The minimum Gasteiger partial charge on any atom is -0.484 e. The molecule has 1 heterocycles. The molecule has 0 aliphatic carbocycles. The molecule has 3 aromatic rings. The van der Waals surface area contributed by atoms with Crippen molar-refractivity contribution in [3.05, 3.63) is 83.3 Å². The lowest BCUT2D eigenvalue weighted by Gasteiger charge is -2.10. The highest BCUT2D eigenvalue weighted by Gasteiger charge is 2.12. The Morgan fingerprint density at radius 3 is 2.55 bits per heavy atom. The molecule has 9 nitrogen and oxygen atoms in total. The zero-order chi connectivity index (χ0) is 23.6. The number of nitrogens with one attached hydrogen (secondary N) is 3. The number of carbonyl (C=O) groups is 3. The van der Waals surface area contributed by atoms with E-state index in [4.69, 9.17) is 9.15 Å². The van der Waals surface area contributed by atoms with Crippen LogP contribution in [0, 0.1) is 13.8 Å². The summed E-state index contributed by atoms with van der Waals surface area (Å²) in [6.45, 7) is 3.85. The van der Waals surface area contributed by atoms with Crippen molar-refractivity contribution in [1.29, 1.82) is 0 Å². The summed E-state index contributed by atoms with van der Waals surface area (Å²) >= 11 is 0. The van der Waals surface area contributed by atoms with Crippen LogP contribution < -0.4 is 20.8 Å². The number of hydrazone groups is 1. The Morgan fingerprint density at radius 1 is 1.03 bits per heavy atom. The smallest absolute Gasteiger partial charge is 0.329 e. The maximum atomic E-state index is 12.2. The Labute approximate surface area is 190 Å². The number of nitrogens with zero attached hydrogens (tertiary/aromatic N) is 1. The number of furan rings is 1. The van der Waals surface area contributed by atoms with Crippen molar-refractivity contribution in [2.75, 3.05) is 11.9 Å². The van der Waals surface area contributed by atoms with Crippen LogP contribution in [-0.4, -0.2) is 30.5 Å². The summed E-state index contributed by atoms with van der Waals surface area (Å²) in [5, 5.41) is 9.01. The topological polar surface area (TPSA) is 122 Å². The second-order valence-electron chi connectivity index (χ2n) is 7.19. The van der Waals surface area contributed by atoms with Gasteiger partial charge >= 0.3 is 11.8 Å². The SMILES string of the molecule is Cc1ccc(C)c(NC(=O)COc2ccc(/C=N\NC(=O)C(=O)NCc3ccco3)cc2)c1. The molecule has 3 amide bonds. The number of rotatable bonds is 8. The van der Waals surface area contributed by atoms with Gasteiger partial charge in [-0.2, -0.15) is 5.10 Å². The van der Waals surface area contributed by atoms with Gasteiger partial charge < -0.3 is 19.8 Å². The average Bonchev–Trinajstić information content (AvgIpc) is 3.33. The maximum Gasteiger partial charge on any atom is 0.329 e. The minimum absolute atomic E-state index is 0.104. The Morgan fingerprint density at radius 2 is 1.82 bits per heavy atom. The molecule has 0 spiro atoms. The van der Waals surface area contributed by atoms with Crippen LogP contribution in [0.2, 0.25) is 0 Å². The third-order valence-corrected chi connectivity index (χ3v) is 4.51. The lowest BCUT2D eigenvalue weighted by molar-refractivity contribution is -0.139. The summed E-state index contributed by atoms with van der Waals surface area (Å²) in [4.78, 5) is 35.6. The number of anilines is 1. The Hall–Kier alpha value is -4.40. The van der Waals surface area contributed by atoms with E-state index in [1.165, 1.54) is 12.5 Å². The molecule has 33 heavy (non-hydrogen) atoms. The van der Waals surface area contributed by atoms with E-state index in [1.807, 2.05) is 32.0 Å². The van der Waals surface area contributed by atoms with Crippen molar-refractivity contribution in [3.8, 4) is 5.75 Å². The molecule has 2 aromatic carbocycles. The van der Waals surface area contributed by atoms with E-state index in [-0.39, 0.29) is 19.1 Å². The van der Waals surface area contributed by atoms with Gasteiger partial charge in [0.2, 0.25) is 0 Å². The van der Waals surface area contributed by atoms with Crippen molar-refractivity contribution in [1.82, 2.24) is 10.7 Å². The number of amides is 3. The fourth-order valence-corrected chi connectivity index (χ4v) is 2.73. The summed E-state index contributed by atoms with van der Waals surface area (Å²) in [6.07, 6.45) is 2.86. The molecule has 3 N–H and O–H groups in total.